The highest BCUT2D eigenvalue weighted by Gasteiger charge is 2.24. The molecule has 0 fully saturated rings. The van der Waals surface area contributed by atoms with Crippen LogP contribution in [0.3, 0.4) is 0 Å². The molecule has 0 radical (unpaired) electrons. The van der Waals surface area contributed by atoms with E-state index >= 15 is 0 Å². The highest BCUT2D eigenvalue weighted by Crippen LogP contribution is 2.51. The van der Waals surface area contributed by atoms with E-state index in [1.807, 2.05) is 168 Å². The summed E-state index contributed by atoms with van der Waals surface area (Å²) in [5.41, 5.74) is 16.1. The first kappa shape index (κ1) is 60.5. The lowest BCUT2D eigenvalue weighted by molar-refractivity contribution is 1.30. The van der Waals surface area contributed by atoms with E-state index < -0.39 is 0 Å². The van der Waals surface area contributed by atoms with Gasteiger partial charge in [0.25, 0.3) is 0 Å². The van der Waals surface area contributed by atoms with Gasteiger partial charge in [0, 0.05) is 33.5 Å². The second kappa shape index (κ2) is 29.8. The maximum absolute atomic E-state index is 9.73. The number of hydrogen-bond acceptors (Lipinski definition) is 2. The van der Waals surface area contributed by atoms with Crippen LogP contribution < -0.4 is 9.80 Å². The fraction of sp³-hybridized carbons (Fsp3) is 0. The Balaban J connectivity index is 0.000000152. The Bertz CT molecular complexity index is 7940. The van der Waals surface area contributed by atoms with Crippen molar-refractivity contribution in [2.75, 3.05) is 9.80 Å². The van der Waals surface area contributed by atoms with Crippen molar-refractivity contribution >= 4 is 131 Å². The zero-order valence-corrected chi connectivity index (χ0v) is 63.2. The fourth-order valence-electron chi connectivity index (χ4n) is 17.4. The average molecular weight is 1480 g/mol. The van der Waals surface area contributed by atoms with Gasteiger partial charge in [0.05, 0.1) is 22.3 Å². The molecule has 2 heteroatoms. The SMILES string of the molecule is [2H]c1c([2H])c(N(c2ccc(-c3c(-c4ccccc4)c4ccccc4c4ccccc34)cc2)c2cc3ccccc3c3ccccc23)c([2H])c([2H])c1-c1ccc(-c2ccccc2)cc1.[2H]c1c([2H])c(N(c2ccc(-c3c(-c4ccccc4)c4ccccc4c4ccccc34)cc2)c2cc3ccccc3c3ccccc23)c([2H])c([2H])c1-c1ccc2ccccc2c1. The van der Waals surface area contributed by atoms with Gasteiger partial charge in [-0.3, -0.25) is 0 Å². The average Bonchev–Trinajstić information content (AvgIpc) is 0.738. The monoisotopic (exact) mass is 1480 g/mol. The van der Waals surface area contributed by atoms with E-state index in [1.54, 1.807) is 0 Å². The van der Waals surface area contributed by atoms with E-state index in [9.17, 15) is 11.0 Å². The van der Waals surface area contributed by atoms with Crippen molar-refractivity contribution in [1.29, 1.82) is 0 Å². The smallest absolute Gasteiger partial charge is 0.0645 e. The van der Waals surface area contributed by atoms with Crippen LogP contribution in [-0.2, 0) is 0 Å². The molecule has 0 aromatic heterocycles. The lowest BCUT2D eigenvalue weighted by Crippen LogP contribution is -2.10. The molecule has 0 heterocycles. The van der Waals surface area contributed by atoms with E-state index in [4.69, 9.17) is 0 Å². The van der Waals surface area contributed by atoms with Crippen molar-refractivity contribution in [3.63, 3.8) is 0 Å². The summed E-state index contributed by atoms with van der Waals surface area (Å²) in [6.45, 7) is 0. The van der Waals surface area contributed by atoms with Crippen LogP contribution in [0.4, 0.5) is 34.1 Å². The highest BCUT2D eigenvalue weighted by molar-refractivity contribution is 6.24. The molecule has 0 aliphatic carbocycles. The molecule has 2 nitrogen and oxygen atoms in total. The summed E-state index contributed by atoms with van der Waals surface area (Å²) in [7, 11) is 0. The minimum atomic E-state index is -0.119. The Hall–Kier alpha value is -15.2. The number of nitrogens with zero attached hydrogens (tertiary/aromatic N) is 2. The van der Waals surface area contributed by atoms with Crippen LogP contribution in [0.5, 0.6) is 0 Å². The third-order valence-electron chi connectivity index (χ3n) is 22.8. The maximum Gasteiger partial charge on any atom is 0.0645 e. The Morgan fingerprint density at radius 3 is 0.750 bits per heavy atom. The Labute approximate surface area is 686 Å². The van der Waals surface area contributed by atoms with Gasteiger partial charge in [0.1, 0.15) is 0 Å². The first-order valence-electron chi connectivity index (χ1n) is 43.4. The van der Waals surface area contributed by atoms with Crippen molar-refractivity contribution in [3.8, 4) is 77.9 Å². The number of anilines is 6. The zero-order chi connectivity index (χ0) is 83.8. The lowest BCUT2D eigenvalue weighted by Gasteiger charge is -2.28. The molecule has 0 saturated heterocycles. The zero-order valence-electron chi connectivity index (χ0n) is 71.2. The van der Waals surface area contributed by atoms with Crippen LogP contribution in [0.2, 0.25) is 0 Å². The van der Waals surface area contributed by atoms with E-state index in [0.717, 1.165) is 137 Å². The summed E-state index contributed by atoms with van der Waals surface area (Å²) in [4.78, 5) is 3.86. The normalized spacial score (nSPS) is 12.4. The summed E-state index contributed by atoms with van der Waals surface area (Å²) in [5.74, 6) is 0. The first-order valence-corrected chi connectivity index (χ1v) is 39.4. The van der Waals surface area contributed by atoms with E-state index in [-0.39, 0.29) is 70.8 Å². The van der Waals surface area contributed by atoms with Gasteiger partial charge in [-0.15, -0.1) is 0 Å². The van der Waals surface area contributed by atoms with E-state index in [0.29, 0.717) is 16.8 Å². The van der Waals surface area contributed by atoms with Gasteiger partial charge in [-0.25, -0.2) is 0 Å². The van der Waals surface area contributed by atoms with Gasteiger partial charge in [0.2, 0.25) is 0 Å². The third kappa shape index (κ3) is 12.5. The van der Waals surface area contributed by atoms with Crippen molar-refractivity contribution < 1.29 is 11.0 Å². The molecular weight excluding hydrogens is 1400 g/mol. The Morgan fingerprint density at radius 1 is 0.138 bits per heavy atom. The van der Waals surface area contributed by atoms with Crippen LogP contribution in [0.15, 0.2) is 461 Å². The van der Waals surface area contributed by atoms with Crippen LogP contribution in [-0.4, -0.2) is 0 Å². The second-order valence-electron chi connectivity index (χ2n) is 29.5. The first-order chi connectivity index (χ1) is 60.9. The second-order valence-corrected chi connectivity index (χ2v) is 29.5. The van der Waals surface area contributed by atoms with Crippen LogP contribution in [0.1, 0.15) is 11.0 Å². The van der Waals surface area contributed by atoms with E-state index in [2.05, 4.69) is 255 Å². The van der Waals surface area contributed by atoms with Crippen molar-refractivity contribution in [2.24, 2.45) is 0 Å². The standard InChI is InChI=1S/C58H39N.C56H37N/c1-3-15-40(16-4-1)41-27-29-42(30-28-41)43-31-35-47(36-32-43)59(56-39-46-19-7-8-20-49(46)50-21-9-12-24-53(50)56)48-37-33-45(34-38-48)58-55-26-14-11-23-52(55)51-22-10-13-25-54(51)57(58)44-17-5-2-6-18-44;1-2-15-40(16-3-1)55-52-24-12-9-21-49(52)50-22-10-13-25-53(50)56(55)41-30-34-46(35-31-41)57(54-37-44-18-6-7-19-47(44)48-20-8-11-23-51(48)54)45-32-28-39(29-33-45)43-27-26-38-14-4-5-17-42(38)36-43/h1-39H;1-37H/i31D,32D,35D,36D;28D,29D,32D,33D. The number of benzene rings is 22. The maximum atomic E-state index is 9.73. The van der Waals surface area contributed by atoms with Crippen molar-refractivity contribution in [2.45, 2.75) is 0 Å². The topological polar surface area (TPSA) is 6.48 Å². The number of hydrogen-bond donors (Lipinski definition) is 0. The van der Waals surface area contributed by atoms with Crippen LogP contribution in [0.25, 0.3) is 175 Å². The third-order valence-corrected chi connectivity index (χ3v) is 22.8. The summed E-state index contributed by atoms with van der Waals surface area (Å²) in [6, 6.07) is 140. The predicted molar refractivity (Wildman–Crippen MR) is 498 cm³/mol. The molecule has 22 aromatic carbocycles. The van der Waals surface area contributed by atoms with Crippen molar-refractivity contribution in [3.05, 3.63) is 461 Å². The molecule has 542 valence electrons. The number of rotatable bonds is 13. The molecule has 0 aliphatic rings. The molecule has 22 aromatic rings. The molecule has 0 atom stereocenters. The molecule has 0 spiro atoms. The predicted octanol–water partition coefficient (Wildman–Crippen LogP) is 32.4. The lowest BCUT2D eigenvalue weighted by atomic mass is 9.85. The summed E-state index contributed by atoms with van der Waals surface area (Å²) in [6.07, 6.45) is 0. The van der Waals surface area contributed by atoms with Gasteiger partial charge < -0.3 is 9.80 Å². The van der Waals surface area contributed by atoms with Gasteiger partial charge in [-0.1, -0.05) is 394 Å². The summed E-state index contributed by atoms with van der Waals surface area (Å²) >= 11 is 0. The van der Waals surface area contributed by atoms with Gasteiger partial charge in [-0.2, -0.15) is 0 Å². The molecule has 0 unspecified atom stereocenters. The van der Waals surface area contributed by atoms with Crippen LogP contribution >= 0.6 is 0 Å². The molecule has 116 heavy (non-hydrogen) atoms. The van der Waals surface area contributed by atoms with Gasteiger partial charge in [0.15, 0.2) is 0 Å². The molecule has 0 bridgehead atoms. The summed E-state index contributed by atoms with van der Waals surface area (Å²) in [5, 5.41) is 19.6. The van der Waals surface area contributed by atoms with Crippen LogP contribution in [0, 0.1) is 0 Å². The van der Waals surface area contributed by atoms with Gasteiger partial charge >= 0.3 is 0 Å². The molecule has 22 rings (SSSR count). The Kier molecular flexibility index (Phi) is 15.5. The minimum Gasteiger partial charge on any atom is -0.310 e. The molecular formula is C114H76N2. The largest absolute Gasteiger partial charge is 0.310 e. The van der Waals surface area contributed by atoms with Crippen molar-refractivity contribution in [1.82, 2.24) is 0 Å². The van der Waals surface area contributed by atoms with Gasteiger partial charge in [-0.05, 0) is 231 Å². The fourth-order valence-corrected chi connectivity index (χ4v) is 17.4. The summed E-state index contributed by atoms with van der Waals surface area (Å²) < 4.78 is 77.0. The molecule has 0 amide bonds. The highest BCUT2D eigenvalue weighted by atomic mass is 15.1. The number of fused-ring (bicyclic) bond motifs is 13. The molecule has 0 aliphatic heterocycles. The van der Waals surface area contributed by atoms with E-state index in [1.165, 1.54) is 32.3 Å². The quantitative estimate of drug-likeness (QED) is 0.106. The minimum absolute atomic E-state index is 0.0897. The molecule has 0 saturated carbocycles. The molecule has 0 N–H and O–H groups in total. The Morgan fingerprint density at radius 2 is 0.379 bits per heavy atom.